The summed E-state index contributed by atoms with van der Waals surface area (Å²) in [7, 11) is 1.60. The average molecular weight is 318 g/mol. The molecule has 1 saturated heterocycles. The van der Waals surface area contributed by atoms with Gasteiger partial charge in [0.2, 0.25) is 15.0 Å². The van der Waals surface area contributed by atoms with Gasteiger partial charge in [0, 0.05) is 29.3 Å². The van der Waals surface area contributed by atoms with Crippen LogP contribution in [0.15, 0.2) is 24.3 Å². The highest BCUT2D eigenvalue weighted by Crippen LogP contribution is 2.28. The highest BCUT2D eigenvalue weighted by atomic mass is 35.7. The lowest BCUT2D eigenvalue weighted by molar-refractivity contribution is -0.117. The van der Waals surface area contributed by atoms with E-state index in [1.54, 1.807) is 24.3 Å². The van der Waals surface area contributed by atoms with Gasteiger partial charge in [-0.3, -0.25) is 4.79 Å². The van der Waals surface area contributed by atoms with Crippen molar-refractivity contribution in [3.05, 3.63) is 24.3 Å². The molecule has 0 saturated carbocycles. The number of halogens is 1. The zero-order valence-electron chi connectivity index (χ0n) is 11.2. The van der Waals surface area contributed by atoms with Gasteiger partial charge >= 0.3 is 0 Å². The van der Waals surface area contributed by atoms with Crippen molar-refractivity contribution in [2.24, 2.45) is 0 Å². The molecule has 1 amide bonds. The molecule has 5 nitrogen and oxygen atoms in total. The van der Waals surface area contributed by atoms with E-state index in [1.807, 2.05) is 13.8 Å². The Kier molecular flexibility index (Phi) is 4.25. The number of carbonyl (C=O) groups is 1. The fourth-order valence-corrected chi connectivity index (χ4v) is 3.12. The van der Waals surface area contributed by atoms with Gasteiger partial charge in [-0.1, -0.05) is 0 Å². The van der Waals surface area contributed by atoms with Crippen LogP contribution in [0.5, 0.6) is 5.75 Å². The Bertz CT molecular complexity index is 597. The summed E-state index contributed by atoms with van der Waals surface area (Å²) < 4.78 is 28.1. The van der Waals surface area contributed by atoms with Crippen LogP contribution in [0.3, 0.4) is 0 Å². The smallest absolute Gasteiger partial charge is 0.237 e. The molecule has 1 aromatic rings. The van der Waals surface area contributed by atoms with Crippen molar-refractivity contribution >= 4 is 31.3 Å². The third kappa shape index (κ3) is 3.43. The number of nitrogens with zero attached hydrogens (tertiary/aromatic N) is 1. The number of rotatable bonds is 4. The third-order valence-electron chi connectivity index (χ3n) is 3.01. The van der Waals surface area contributed by atoms with Gasteiger partial charge < -0.3 is 9.64 Å². The zero-order chi connectivity index (χ0) is 14.9. The van der Waals surface area contributed by atoms with Gasteiger partial charge in [-0.15, -0.1) is 0 Å². The molecule has 0 aliphatic carbocycles. The maximum Gasteiger partial charge on any atom is 0.237 e. The molecular weight excluding hydrogens is 302 g/mol. The Morgan fingerprint density at radius 2 is 1.90 bits per heavy atom. The Morgan fingerprint density at radius 1 is 1.30 bits per heavy atom. The largest absolute Gasteiger partial charge is 0.491 e. The quantitative estimate of drug-likeness (QED) is 0.798. The fraction of sp³-hybridized carbons (Fsp3) is 0.462. The third-order valence-corrected chi connectivity index (χ3v) is 4.88. The van der Waals surface area contributed by atoms with Crippen molar-refractivity contribution in [2.45, 2.75) is 31.6 Å². The predicted molar refractivity (Wildman–Crippen MR) is 77.7 cm³/mol. The molecule has 1 aliphatic rings. The SMILES string of the molecule is CC(C)Oc1ccc(N2CC(S(=O)(=O)Cl)CC2=O)cc1. The Balaban J connectivity index is 2.14. The van der Waals surface area contributed by atoms with E-state index in [1.165, 1.54) is 4.90 Å². The maximum absolute atomic E-state index is 11.9. The first kappa shape index (κ1) is 15.1. The van der Waals surface area contributed by atoms with E-state index in [4.69, 9.17) is 15.4 Å². The van der Waals surface area contributed by atoms with Crippen LogP contribution >= 0.6 is 10.7 Å². The Labute approximate surface area is 122 Å². The van der Waals surface area contributed by atoms with Crippen LogP contribution in [0, 0.1) is 0 Å². The van der Waals surface area contributed by atoms with Gasteiger partial charge in [-0.25, -0.2) is 8.42 Å². The van der Waals surface area contributed by atoms with Crippen LogP contribution in [0.4, 0.5) is 5.69 Å². The second kappa shape index (κ2) is 5.61. The van der Waals surface area contributed by atoms with Gasteiger partial charge in [0.05, 0.1) is 6.10 Å². The van der Waals surface area contributed by atoms with Crippen molar-refractivity contribution in [1.82, 2.24) is 0 Å². The molecule has 20 heavy (non-hydrogen) atoms. The van der Waals surface area contributed by atoms with E-state index in [9.17, 15) is 13.2 Å². The summed E-state index contributed by atoms with van der Waals surface area (Å²) in [4.78, 5) is 13.3. The van der Waals surface area contributed by atoms with Crippen LogP contribution in [0.2, 0.25) is 0 Å². The number of benzene rings is 1. The van der Waals surface area contributed by atoms with E-state index in [0.29, 0.717) is 11.4 Å². The van der Waals surface area contributed by atoms with Gasteiger partial charge in [-0.2, -0.15) is 0 Å². The number of carbonyl (C=O) groups excluding carboxylic acids is 1. The Morgan fingerprint density at radius 3 is 2.35 bits per heavy atom. The minimum Gasteiger partial charge on any atom is -0.491 e. The van der Waals surface area contributed by atoms with Crippen LogP contribution in [-0.4, -0.2) is 32.2 Å². The minimum absolute atomic E-state index is 0.0695. The molecule has 0 bridgehead atoms. The van der Waals surface area contributed by atoms with Crippen LogP contribution < -0.4 is 9.64 Å². The molecule has 0 N–H and O–H groups in total. The van der Waals surface area contributed by atoms with Crippen molar-refractivity contribution < 1.29 is 17.9 Å². The van der Waals surface area contributed by atoms with Crippen LogP contribution in [0.25, 0.3) is 0 Å². The van der Waals surface area contributed by atoms with E-state index in [-0.39, 0.29) is 25.0 Å². The van der Waals surface area contributed by atoms with E-state index >= 15 is 0 Å². The minimum atomic E-state index is -3.72. The van der Waals surface area contributed by atoms with Crippen LogP contribution in [0.1, 0.15) is 20.3 Å². The molecule has 1 aliphatic heterocycles. The number of amides is 1. The van der Waals surface area contributed by atoms with Crippen molar-refractivity contribution in [3.8, 4) is 5.75 Å². The topological polar surface area (TPSA) is 63.7 Å². The number of anilines is 1. The molecule has 0 radical (unpaired) electrons. The lowest BCUT2D eigenvalue weighted by Crippen LogP contribution is -2.26. The van der Waals surface area contributed by atoms with Gasteiger partial charge in [-0.05, 0) is 38.1 Å². The monoisotopic (exact) mass is 317 g/mol. The van der Waals surface area contributed by atoms with Crippen LogP contribution in [-0.2, 0) is 13.8 Å². The summed E-state index contributed by atoms with van der Waals surface area (Å²) in [6.07, 6.45) is -0.00385. The molecule has 0 aromatic heterocycles. The van der Waals surface area contributed by atoms with Crippen molar-refractivity contribution in [2.75, 3.05) is 11.4 Å². The van der Waals surface area contributed by atoms with Crippen molar-refractivity contribution in [3.63, 3.8) is 0 Å². The zero-order valence-corrected chi connectivity index (χ0v) is 12.8. The standard InChI is InChI=1S/C13H16ClNO4S/c1-9(2)19-11-5-3-10(4-6-11)15-8-12(7-13(15)16)20(14,17)18/h3-6,9,12H,7-8H2,1-2H3. The molecule has 7 heteroatoms. The highest BCUT2D eigenvalue weighted by Gasteiger charge is 2.37. The summed E-state index contributed by atoms with van der Waals surface area (Å²) in [6.45, 7) is 3.94. The summed E-state index contributed by atoms with van der Waals surface area (Å²) in [6, 6.07) is 6.98. The first-order valence-corrected chi connectivity index (χ1v) is 8.65. The normalized spacial score (nSPS) is 19.7. The lowest BCUT2D eigenvalue weighted by atomic mass is 10.3. The first-order valence-electron chi connectivity index (χ1n) is 6.28. The first-order chi connectivity index (χ1) is 9.27. The highest BCUT2D eigenvalue weighted by molar-refractivity contribution is 8.14. The summed E-state index contributed by atoms with van der Waals surface area (Å²) in [5.74, 6) is 0.466. The number of ether oxygens (including phenoxy) is 1. The fourth-order valence-electron chi connectivity index (χ4n) is 2.09. The maximum atomic E-state index is 11.9. The summed E-state index contributed by atoms with van der Waals surface area (Å²) in [5, 5.41) is -0.844. The molecule has 1 atom stereocenters. The average Bonchev–Trinajstić information content (AvgIpc) is 2.71. The summed E-state index contributed by atoms with van der Waals surface area (Å²) in [5.41, 5.74) is 0.647. The van der Waals surface area contributed by atoms with Gasteiger partial charge in [0.25, 0.3) is 0 Å². The molecule has 110 valence electrons. The molecule has 2 rings (SSSR count). The molecular formula is C13H16ClNO4S. The second-order valence-electron chi connectivity index (χ2n) is 4.97. The van der Waals surface area contributed by atoms with E-state index < -0.39 is 14.3 Å². The van der Waals surface area contributed by atoms with Gasteiger partial charge in [0.15, 0.2) is 0 Å². The Hall–Kier alpha value is -1.27. The molecule has 0 spiro atoms. The lowest BCUT2D eigenvalue weighted by Gasteiger charge is -2.17. The second-order valence-corrected chi connectivity index (χ2v) is 7.87. The van der Waals surface area contributed by atoms with E-state index in [0.717, 1.165) is 0 Å². The molecule has 1 unspecified atom stereocenters. The molecule has 1 fully saturated rings. The van der Waals surface area contributed by atoms with E-state index in [2.05, 4.69) is 0 Å². The molecule has 1 heterocycles. The number of hydrogen-bond acceptors (Lipinski definition) is 4. The molecule has 1 aromatic carbocycles. The van der Waals surface area contributed by atoms with Crippen molar-refractivity contribution in [1.29, 1.82) is 0 Å². The number of hydrogen-bond donors (Lipinski definition) is 0. The van der Waals surface area contributed by atoms with Gasteiger partial charge in [0.1, 0.15) is 11.0 Å². The summed E-state index contributed by atoms with van der Waals surface area (Å²) >= 11 is 0. The predicted octanol–water partition coefficient (Wildman–Crippen LogP) is 2.15.